The topological polar surface area (TPSA) is 104 Å². The molecule has 1 unspecified atom stereocenters. The molecule has 6 heteroatoms. The van der Waals surface area contributed by atoms with Crippen LogP contribution in [0.15, 0.2) is 72.8 Å². The Kier molecular flexibility index (Phi) is 12.7. The molecule has 3 rings (SSSR count). The van der Waals surface area contributed by atoms with Crippen LogP contribution in [0.1, 0.15) is 54.2 Å². The summed E-state index contributed by atoms with van der Waals surface area (Å²) in [5.41, 5.74) is 3.54. The number of hydrogen-bond acceptors (Lipinski definition) is 5. The summed E-state index contributed by atoms with van der Waals surface area (Å²) in [7, 11) is 0. The number of benzene rings is 3. The summed E-state index contributed by atoms with van der Waals surface area (Å²) >= 11 is 0. The van der Waals surface area contributed by atoms with Crippen molar-refractivity contribution in [3.05, 3.63) is 95.1 Å². The first kappa shape index (κ1) is 28.4. The van der Waals surface area contributed by atoms with E-state index in [0.717, 1.165) is 36.8 Å². The number of aromatic hydroxyl groups is 1. The van der Waals surface area contributed by atoms with E-state index in [4.69, 9.17) is 19.7 Å². The van der Waals surface area contributed by atoms with Crippen molar-refractivity contribution in [1.82, 2.24) is 0 Å². The number of carbonyl (C=O) groups excluding carboxylic acids is 1. The van der Waals surface area contributed by atoms with E-state index in [-0.39, 0.29) is 17.6 Å². The fourth-order valence-corrected chi connectivity index (χ4v) is 2.92. The van der Waals surface area contributed by atoms with Gasteiger partial charge in [0.05, 0.1) is 12.7 Å². The van der Waals surface area contributed by atoms with Gasteiger partial charge in [-0.25, -0.2) is 0 Å². The van der Waals surface area contributed by atoms with E-state index in [0.29, 0.717) is 17.5 Å². The molecule has 0 saturated heterocycles. The quantitative estimate of drug-likeness (QED) is 0.402. The molecule has 0 heterocycles. The molecule has 0 amide bonds. The fraction of sp³-hybridized carbons (Fsp3) is 0.286. The maximum atomic E-state index is 11.9. The van der Waals surface area contributed by atoms with Gasteiger partial charge in [0.1, 0.15) is 11.5 Å². The minimum absolute atomic E-state index is 0.0319. The Hall–Kier alpha value is -3.64. The molecular formula is C28H34O6. The van der Waals surface area contributed by atoms with Gasteiger partial charge in [-0.3, -0.25) is 9.59 Å². The maximum absolute atomic E-state index is 11.9. The number of aliphatic carboxylic acids is 1. The first-order valence-electron chi connectivity index (χ1n) is 11.1. The van der Waals surface area contributed by atoms with E-state index in [1.807, 2.05) is 37.3 Å². The summed E-state index contributed by atoms with van der Waals surface area (Å²) in [6, 6.07) is 21.4. The number of carbonyl (C=O) groups is 2. The number of aryl methyl sites for hydroxylation is 1. The van der Waals surface area contributed by atoms with Gasteiger partial charge in [0.25, 0.3) is 5.97 Å². The first-order valence-corrected chi connectivity index (χ1v) is 11.1. The Morgan fingerprint density at radius 2 is 1.50 bits per heavy atom. The molecule has 0 aliphatic rings. The average Bonchev–Trinajstić information content (AvgIpc) is 2.79. The Morgan fingerprint density at radius 1 is 0.941 bits per heavy atom. The van der Waals surface area contributed by atoms with Crippen molar-refractivity contribution in [2.75, 3.05) is 6.61 Å². The van der Waals surface area contributed by atoms with E-state index in [1.165, 1.54) is 12.1 Å². The number of ether oxygens (including phenoxy) is 1. The highest BCUT2D eigenvalue weighted by molar-refractivity contribution is 6.08. The van der Waals surface area contributed by atoms with Gasteiger partial charge in [0.2, 0.25) is 0 Å². The molecule has 0 fully saturated rings. The van der Waals surface area contributed by atoms with Crippen LogP contribution in [0, 0.1) is 6.92 Å². The van der Waals surface area contributed by atoms with Gasteiger partial charge in [-0.2, -0.15) is 0 Å². The van der Waals surface area contributed by atoms with Crippen molar-refractivity contribution in [3.63, 3.8) is 0 Å². The average molecular weight is 467 g/mol. The molecule has 1 atom stereocenters. The van der Waals surface area contributed by atoms with Gasteiger partial charge < -0.3 is 20.1 Å². The zero-order valence-electron chi connectivity index (χ0n) is 20.2. The number of rotatable bonds is 7. The highest BCUT2D eigenvalue weighted by Crippen LogP contribution is 2.20. The van der Waals surface area contributed by atoms with Gasteiger partial charge in [0, 0.05) is 18.1 Å². The lowest BCUT2D eigenvalue weighted by Gasteiger charge is -2.10. The second-order valence-corrected chi connectivity index (χ2v) is 7.76. The number of aliphatic hydroxyl groups excluding tert-OH is 1. The van der Waals surface area contributed by atoms with E-state index in [2.05, 4.69) is 13.0 Å². The van der Waals surface area contributed by atoms with Crippen molar-refractivity contribution in [2.24, 2.45) is 0 Å². The number of ketones is 1. The highest BCUT2D eigenvalue weighted by atomic mass is 16.5. The third-order valence-corrected chi connectivity index (χ3v) is 4.40. The largest absolute Gasteiger partial charge is 0.508 e. The lowest BCUT2D eigenvalue weighted by Crippen LogP contribution is -2.05. The van der Waals surface area contributed by atoms with Crippen LogP contribution in [0.25, 0.3) is 0 Å². The molecule has 0 radical (unpaired) electrons. The van der Waals surface area contributed by atoms with Crippen molar-refractivity contribution >= 4 is 11.8 Å². The second-order valence-electron chi connectivity index (χ2n) is 7.76. The minimum Gasteiger partial charge on any atom is -0.508 e. The summed E-state index contributed by atoms with van der Waals surface area (Å²) in [4.78, 5) is 20.9. The number of aliphatic hydroxyl groups is 1. The highest BCUT2D eigenvalue weighted by Gasteiger charge is 2.07. The molecule has 6 nitrogen and oxygen atoms in total. The van der Waals surface area contributed by atoms with E-state index < -0.39 is 5.97 Å². The van der Waals surface area contributed by atoms with Gasteiger partial charge in [-0.1, -0.05) is 49.4 Å². The third kappa shape index (κ3) is 11.3. The zero-order valence-corrected chi connectivity index (χ0v) is 20.2. The molecule has 3 aromatic rings. The number of phenolic OH excluding ortho intramolecular Hbond substituents is 1. The monoisotopic (exact) mass is 466 g/mol. The van der Waals surface area contributed by atoms with Crippen LogP contribution < -0.4 is 4.74 Å². The molecule has 0 spiro atoms. The summed E-state index contributed by atoms with van der Waals surface area (Å²) in [6.07, 6.45) is 1.44. The molecule has 182 valence electrons. The number of carboxylic acid groups (broad SMARTS) is 1. The van der Waals surface area contributed by atoms with E-state index in [9.17, 15) is 9.90 Å². The predicted octanol–water partition coefficient (Wildman–Crippen LogP) is 5.42. The van der Waals surface area contributed by atoms with Crippen molar-refractivity contribution in [1.29, 1.82) is 0 Å². The molecule has 3 aromatic carbocycles. The maximum Gasteiger partial charge on any atom is 0.300 e. The molecule has 34 heavy (non-hydrogen) atoms. The Labute approximate surface area is 201 Å². The number of hydrogen-bond donors (Lipinski definition) is 3. The lowest BCUT2D eigenvalue weighted by molar-refractivity contribution is -0.134. The van der Waals surface area contributed by atoms with Gasteiger partial charge in [0.15, 0.2) is 5.78 Å². The van der Waals surface area contributed by atoms with Gasteiger partial charge in [-0.05, 0) is 68.1 Å². The normalized spacial score (nSPS) is 10.6. The molecule has 0 saturated carbocycles. The van der Waals surface area contributed by atoms with Crippen LogP contribution in [0.4, 0.5) is 0 Å². The summed E-state index contributed by atoms with van der Waals surface area (Å²) < 4.78 is 5.58. The zero-order chi connectivity index (χ0) is 25.5. The first-order chi connectivity index (χ1) is 16.1. The molecular weight excluding hydrogens is 432 g/mol. The van der Waals surface area contributed by atoms with E-state index in [1.54, 1.807) is 31.2 Å². The Morgan fingerprint density at radius 3 is 2.00 bits per heavy atom. The fourth-order valence-electron chi connectivity index (χ4n) is 2.92. The standard InChI is InChI=1S/C13H10O2.C13H20O2.C2H4O2/c14-12-8-6-11(7-9-12)13(15)10-4-2-1-3-5-10;1-4-7-15-13-6-5-12(8-10(13)2)9-11(3)14;1-2(3)4/h1-9,14H;5-6,8,11,14H,4,7,9H2,1-3H3;1H3,(H,3,4). The van der Waals surface area contributed by atoms with Crippen molar-refractivity contribution in [2.45, 2.75) is 46.6 Å². The van der Waals surface area contributed by atoms with Crippen LogP contribution >= 0.6 is 0 Å². The van der Waals surface area contributed by atoms with Crippen LogP contribution in [0.3, 0.4) is 0 Å². The summed E-state index contributed by atoms with van der Waals surface area (Å²) in [5.74, 6) is 0.251. The second kappa shape index (κ2) is 15.2. The summed E-state index contributed by atoms with van der Waals surface area (Å²) in [6.45, 7) is 7.78. The molecule has 0 aliphatic carbocycles. The Balaban J connectivity index is 0.000000294. The number of phenols is 1. The van der Waals surface area contributed by atoms with Crippen molar-refractivity contribution < 1.29 is 29.6 Å². The lowest BCUT2D eigenvalue weighted by atomic mass is 10.0. The van der Waals surface area contributed by atoms with Crippen LogP contribution in [0.5, 0.6) is 11.5 Å². The van der Waals surface area contributed by atoms with Gasteiger partial charge in [-0.15, -0.1) is 0 Å². The third-order valence-electron chi connectivity index (χ3n) is 4.40. The molecule has 0 aliphatic heterocycles. The van der Waals surface area contributed by atoms with E-state index >= 15 is 0 Å². The smallest absolute Gasteiger partial charge is 0.300 e. The number of carboxylic acids is 1. The Bertz CT molecular complexity index is 1010. The van der Waals surface area contributed by atoms with Crippen LogP contribution in [-0.2, 0) is 11.2 Å². The van der Waals surface area contributed by atoms with Crippen molar-refractivity contribution in [3.8, 4) is 11.5 Å². The molecule has 0 aromatic heterocycles. The van der Waals surface area contributed by atoms with Crippen LogP contribution in [-0.4, -0.2) is 39.8 Å². The minimum atomic E-state index is -0.833. The van der Waals surface area contributed by atoms with Crippen LogP contribution in [0.2, 0.25) is 0 Å². The molecule has 3 N–H and O–H groups in total. The molecule has 0 bridgehead atoms. The summed E-state index contributed by atoms with van der Waals surface area (Å²) in [5, 5.41) is 25.8. The predicted molar refractivity (Wildman–Crippen MR) is 134 cm³/mol. The van der Waals surface area contributed by atoms with Gasteiger partial charge >= 0.3 is 0 Å². The SMILES string of the molecule is CC(=O)O.CCCOc1ccc(CC(C)O)cc1C.O=C(c1ccccc1)c1ccc(O)cc1.